The molecule has 19 heavy (non-hydrogen) atoms. The van der Waals surface area contributed by atoms with Gasteiger partial charge in [-0.15, -0.1) is 0 Å². The summed E-state index contributed by atoms with van der Waals surface area (Å²) in [6.45, 7) is 5.80. The third kappa shape index (κ3) is 3.70. The molecule has 1 aromatic carbocycles. The largest absolute Gasteiger partial charge is 0.371 e. The molecule has 0 aliphatic carbocycles. The van der Waals surface area contributed by atoms with Crippen LogP contribution in [0.4, 0.5) is 5.69 Å². The second-order valence-electron chi connectivity index (χ2n) is 5.18. The number of benzene rings is 1. The number of anilines is 1. The monoisotopic (exact) mass is 261 g/mol. The number of nitrogens with zero attached hydrogens (tertiary/aromatic N) is 1. The quantitative estimate of drug-likeness (QED) is 0.763. The molecule has 0 bridgehead atoms. The topological polar surface area (TPSA) is 58.4 Å². The zero-order valence-corrected chi connectivity index (χ0v) is 11.6. The Balaban J connectivity index is 1.90. The lowest BCUT2D eigenvalue weighted by Crippen LogP contribution is -2.27. The summed E-state index contributed by atoms with van der Waals surface area (Å²) in [7, 11) is 0. The highest BCUT2D eigenvalue weighted by Crippen LogP contribution is 2.23. The van der Waals surface area contributed by atoms with E-state index >= 15 is 0 Å². The first kappa shape index (κ1) is 13.9. The van der Waals surface area contributed by atoms with Crippen molar-refractivity contribution in [1.82, 2.24) is 5.32 Å². The minimum Gasteiger partial charge on any atom is -0.371 e. The average molecular weight is 261 g/mol. The summed E-state index contributed by atoms with van der Waals surface area (Å²) < 4.78 is 0. The fourth-order valence-electron chi connectivity index (χ4n) is 2.46. The molecule has 1 fully saturated rings. The van der Waals surface area contributed by atoms with Crippen molar-refractivity contribution in [3.63, 3.8) is 0 Å². The highest BCUT2D eigenvalue weighted by molar-refractivity contribution is 5.78. The molecule has 1 aromatic rings. The number of hydrogen-bond donors (Lipinski definition) is 2. The Labute approximate surface area is 115 Å². The minimum absolute atomic E-state index is 0.00546. The van der Waals surface area contributed by atoms with Gasteiger partial charge in [-0.05, 0) is 37.1 Å². The molecule has 2 rings (SSSR count). The summed E-state index contributed by atoms with van der Waals surface area (Å²) in [6, 6.07) is 8.56. The summed E-state index contributed by atoms with van der Waals surface area (Å²) in [5.74, 6) is -0.172. The van der Waals surface area contributed by atoms with Crippen LogP contribution in [0, 0.1) is 5.92 Å². The average Bonchev–Trinajstić information content (AvgIpc) is 2.90. The van der Waals surface area contributed by atoms with Gasteiger partial charge in [-0.1, -0.05) is 19.1 Å². The van der Waals surface area contributed by atoms with Crippen molar-refractivity contribution in [2.75, 3.05) is 24.5 Å². The van der Waals surface area contributed by atoms with Crippen LogP contribution in [0.2, 0.25) is 0 Å². The second-order valence-corrected chi connectivity index (χ2v) is 5.18. The van der Waals surface area contributed by atoms with E-state index in [0.29, 0.717) is 0 Å². The zero-order chi connectivity index (χ0) is 13.7. The van der Waals surface area contributed by atoms with Crippen molar-refractivity contribution >= 4 is 11.6 Å². The van der Waals surface area contributed by atoms with Gasteiger partial charge < -0.3 is 16.0 Å². The van der Waals surface area contributed by atoms with E-state index in [-0.39, 0.29) is 11.8 Å². The number of nitrogens with one attached hydrogen (secondary N) is 1. The van der Waals surface area contributed by atoms with Gasteiger partial charge in [0.15, 0.2) is 0 Å². The second kappa shape index (κ2) is 6.57. The Morgan fingerprint density at radius 1 is 1.42 bits per heavy atom. The summed E-state index contributed by atoms with van der Waals surface area (Å²) in [4.78, 5) is 13.4. The van der Waals surface area contributed by atoms with Gasteiger partial charge in [0, 0.05) is 25.3 Å². The van der Waals surface area contributed by atoms with Crippen LogP contribution in [-0.4, -0.2) is 25.5 Å². The summed E-state index contributed by atoms with van der Waals surface area (Å²) >= 11 is 0. The van der Waals surface area contributed by atoms with Crippen LogP contribution in [0.15, 0.2) is 24.3 Å². The fraction of sp³-hybridized carbons (Fsp3) is 0.533. The Bertz CT molecular complexity index is 416. The molecule has 1 aliphatic rings. The molecular formula is C15H23N3O. The van der Waals surface area contributed by atoms with Crippen LogP contribution in [-0.2, 0) is 11.3 Å². The van der Waals surface area contributed by atoms with Crippen LogP contribution in [0.5, 0.6) is 0 Å². The van der Waals surface area contributed by atoms with Crippen molar-refractivity contribution in [2.24, 2.45) is 11.7 Å². The molecular weight excluding hydrogens is 238 g/mol. The maximum Gasteiger partial charge on any atom is 0.222 e. The van der Waals surface area contributed by atoms with Gasteiger partial charge in [-0.2, -0.15) is 0 Å². The van der Waals surface area contributed by atoms with E-state index in [1.54, 1.807) is 0 Å². The summed E-state index contributed by atoms with van der Waals surface area (Å²) in [6.07, 6.45) is 2.02. The van der Waals surface area contributed by atoms with E-state index in [9.17, 15) is 4.79 Å². The minimum atomic E-state index is -0.178. The first-order chi connectivity index (χ1) is 9.20. The number of primary amides is 1. The molecule has 0 saturated carbocycles. The van der Waals surface area contributed by atoms with E-state index < -0.39 is 0 Å². The molecule has 4 nitrogen and oxygen atoms in total. The molecule has 1 aliphatic heterocycles. The number of carbonyl (C=O) groups is 1. The van der Waals surface area contributed by atoms with Crippen molar-refractivity contribution in [3.05, 3.63) is 29.8 Å². The first-order valence-corrected chi connectivity index (χ1v) is 7.04. The Kier molecular flexibility index (Phi) is 4.80. The van der Waals surface area contributed by atoms with Crippen LogP contribution in [0.25, 0.3) is 0 Å². The molecule has 0 radical (unpaired) electrons. The molecule has 3 N–H and O–H groups in total. The summed E-state index contributed by atoms with van der Waals surface area (Å²) in [5.41, 5.74) is 7.83. The van der Waals surface area contributed by atoms with E-state index in [2.05, 4.69) is 41.4 Å². The van der Waals surface area contributed by atoms with Crippen LogP contribution in [0.1, 0.15) is 25.3 Å². The lowest BCUT2D eigenvalue weighted by atomic mass is 10.1. The number of rotatable bonds is 6. The van der Waals surface area contributed by atoms with Crippen molar-refractivity contribution < 1.29 is 4.79 Å². The predicted molar refractivity (Wildman–Crippen MR) is 78.0 cm³/mol. The van der Waals surface area contributed by atoms with Gasteiger partial charge in [0.2, 0.25) is 5.91 Å². The van der Waals surface area contributed by atoms with Gasteiger partial charge >= 0.3 is 0 Å². The molecule has 1 saturated heterocycles. The van der Waals surface area contributed by atoms with E-state index in [4.69, 9.17) is 5.73 Å². The van der Waals surface area contributed by atoms with Gasteiger partial charge in [0.05, 0.1) is 5.92 Å². The SMILES string of the molecule is CCCNCc1ccc(N2CCC(C(N)=O)C2)cc1. The number of amides is 1. The van der Waals surface area contributed by atoms with Gasteiger partial charge in [-0.3, -0.25) is 4.79 Å². The van der Waals surface area contributed by atoms with E-state index in [0.717, 1.165) is 39.0 Å². The highest BCUT2D eigenvalue weighted by Gasteiger charge is 2.26. The van der Waals surface area contributed by atoms with E-state index in [1.165, 1.54) is 11.3 Å². The van der Waals surface area contributed by atoms with Crippen molar-refractivity contribution in [2.45, 2.75) is 26.3 Å². The van der Waals surface area contributed by atoms with E-state index in [1.807, 2.05) is 0 Å². The van der Waals surface area contributed by atoms with Gasteiger partial charge in [-0.25, -0.2) is 0 Å². The Hall–Kier alpha value is -1.55. The molecule has 1 heterocycles. The number of nitrogens with two attached hydrogens (primary N) is 1. The van der Waals surface area contributed by atoms with Crippen LogP contribution >= 0.6 is 0 Å². The van der Waals surface area contributed by atoms with Gasteiger partial charge in [0.25, 0.3) is 0 Å². The highest BCUT2D eigenvalue weighted by atomic mass is 16.1. The molecule has 1 atom stereocenters. The van der Waals surface area contributed by atoms with Crippen LogP contribution < -0.4 is 16.0 Å². The standard InChI is InChI=1S/C15H23N3O/c1-2-8-17-10-12-3-5-14(6-4-12)18-9-7-13(11-18)15(16)19/h3-6,13,17H,2,7-11H2,1H3,(H2,16,19). The maximum atomic E-state index is 11.2. The number of carbonyl (C=O) groups excluding carboxylic acids is 1. The molecule has 1 amide bonds. The normalized spacial score (nSPS) is 18.8. The number of hydrogen-bond acceptors (Lipinski definition) is 3. The summed E-state index contributed by atoms with van der Waals surface area (Å²) in [5, 5.41) is 3.39. The lowest BCUT2D eigenvalue weighted by molar-refractivity contribution is -0.121. The molecule has 104 valence electrons. The zero-order valence-electron chi connectivity index (χ0n) is 11.6. The van der Waals surface area contributed by atoms with Gasteiger partial charge in [0.1, 0.15) is 0 Å². The lowest BCUT2D eigenvalue weighted by Gasteiger charge is -2.18. The fourth-order valence-corrected chi connectivity index (χ4v) is 2.46. The molecule has 4 heteroatoms. The Morgan fingerprint density at radius 2 is 2.16 bits per heavy atom. The smallest absolute Gasteiger partial charge is 0.222 e. The third-order valence-electron chi connectivity index (χ3n) is 3.65. The van der Waals surface area contributed by atoms with Crippen LogP contribution in [0.3, 0.4) is 0 Å². The Morgan fingerprint density at radius 3 is 2.74 bits per heavy atom. The molecule has 0 aromatic heterocycles. The first-order valence-electron chi connectivity index (χ1n) is 7.04. The van der Waals surface area contributed by atoms with Crippen molar-refractivity contribution in [3.8, 4) is 0 Å². The molecule has 0 spiro atoms. The molecule has 1 unspecified atom stereocenters. The predicted octanol–water partition coefficient (Wildman–Crippen LogP) is 1.50. The van der Waals surface area contributed by atoms with Crippen molar-refractivity contribution in [1.29, 1.82) is 0 Å². The maximum absolute atomic E-state index is 11.2. The third-order valence-corrected chi connectivity index (χ3v) is 3.65.